The fourth-order valence-electron chi connectivity index (χ4n) is 2.10. The van der Waals surface area contributed by atoms with Crippen molar-refractivity contribution < 1.29 is 14.6 Å². The third-order valence-corrected chi connectivity index (χ3v) is 4.49. The van der Waals surface area contributed by atoms with Crippen LogP contribution in [0.4, 0.5) is 0 Å². The molecular formula is C13H27NO3S. The molecule has 0 aromatic carbocycles. The Kier molecular flexibility index (Phi) is 8.26. The van der Waals surface area contributed by atoms with E-state index in [9.17, 15) is 5.11 Å². The molecule has 1 saturated heterocycles. The lowest BCUT2D eigenvalue weighted by Crippen LogP contribution is -2.43. The second-order valence-electron chi connectivity index (χ2n) is 4.91. The van der Waals surface area contributed by atoms with Gasteiger partial charge in [-0.25, -0.2) is 0 Å². The van der Waals surface area contributed by atoms with E-state index in [1.807, 2.05) is 18.7 Å². The Morgan fingerprint density at radius 3 is 2.89 bits per heavy atom. The van der Waals surface area contributed by atoms with Crippen molar-refractivity contribution in [1.82, 2.24) is 4.90 Å². The molecule has 3 unspecified atom stereocenters. The largest absolute Gasteiger partial charge is 0.389 e. The van der Waals surface area contributed by atoms with Crippen molar-refractivity contribution in [3.05, 3.63) is 0 Å². The van der Waals surface area contributed by atoms with E-state index < -0.39 is 6.10 Å². The van der Waals surface area contributed by atoms with Crippen LogP contribution in [0.2, 0.25) is 0 Å². The van der Waals surface area contributed by atoms with Crippen LogP contribution in [0.3, 0.4) is 0 Å². The number of hydrogen-bond acceptors (Lipinski definition) is 5. The maximum Gasteiger partial charge on any atom is 0.0900 e. The molecule has 0 saturated carbocycles. The summed E-state index contributed by atoms with van der Waals surface area (Å²) in [6, 6.07) is 0. The number of thioether (sulfide) groups is 1. The Labute approximate surface area is 115 Å². The highest BCUT2D eigenvalue weighted by molar-refractivity contribution is 8.00. The Hall–Kier alpha value is 0.190. The second kappa shape index (κ2) is 9.15. The highest BCUT2D eigenvalue weighted by Gasteiger charge is 2.21. The SMILES string of the molecule is CCC1CN(CC(O)COC(C)COC)CCS1. The van der Waals surface area contributed by atoms with Crippen molar-refractivity contribution in [3.8, 4) is 0 Å². The Morgan fingerprint density at radius 1 is 1.44 bits per heavy atom. The summed E-state index contributed by atoms with van der Waals surface area (Å²) >= 11 is 2.05. The van der Waals surface area contributed by atoms with E-state index in [0.717, 1.165) is 24.9 Å². The fraction of sp³-hybridized carbons (Fsp3) is 1.00. The molecule has 1 aliphatic rings. The quantitative estimate of drug-likeness (QED) is 0.723. The van der Waals surface area contributed by atoms with Gasteiger partial charge in [0, 0.05) is 37.7 Å². The number of ether oxygens (including phenoxy) is 2. The smallest absolute Gasteiger partial charge is 0.0900 e. The van der Waals surface area contributed by atoms with Crippen LogP contribution in [0, 0.1) is 0 Å². The van der Waals surface area contributed by atoms with Gasteiger partial charge < -0.3 is 14.6 Å². The van der Waals surface area contributed by atoms with Gasteiger partial charge in [-0.15, -0.1) is 0 Å². The number of methoxy groups -OCH3 is 1. The molecule has 1 rings (SSSR count). The van der Waals surface area contributed by atoms with Crippen LogP contribution in [0.1, 0.15) is 20.3 Å². The summed E-state index contributed by atoms with van der Waals surface area (Å²) in [7, 11) is 1.66. The maximum atomic E-state index is 9.96. The lowest BCUT2D eigenvalue weighted by atomic mass is 10.2. The zero-order valence-corrected chi connectivity index (χ0v) is 12.6. The molecule has 1 N–H and O–H groups in total. The summed E-state index contributed by atoms with van der Waals surface area (Å²) in [5.74, 6) is 1.17. The van der Waals surface area contributed by atoms with E-state index >= 15 is 0 Å². The van der Waals surface area contributed by atoms with Gasteiger partial charge >= 0.3 is 0 Å². The van der Waals surface area contributed by atoms with Crippen LogP contribution < -0.4 is 0 Å². The number of rotatable bonds is 8. The van der Waals surface area contributed by atoms with Gasteiger partial charge in [0.25, 0.3) is 0 Å². The van der Waals surface area contributed by atoms with Crippen molar-refractivity contribution in [3.63, 3.8) is 0 Å². The van der Waals surface area contributed by atoms with Crippen LogP contribution in [-0.2, 0) is 9.47 Å². The minimum Gasteiger partial charge on any atom is -0.389 e. The molecule has 1 fully saturated rings. The van der Waals surface area contributed by atoms with Gasteiger partial charge in [0.05, 0.1) is 25.4 Å². The number of nitrogens with zero attached hydrogens (tertiary/aromatic N) is 1. The predicted molar refractivity (Wildman–Crippen MR) is 76.3 cm³/mol. The molecule has 0 aliphatic carbocycles. The van der Waals surface area contributed by atoms with E-state index in [1.165, 1.54) is 12.2 Å². The van der Waals surface area contributed by atoms with Crippen molar-refractivity contribution >= 4 is 11.8 Å². The summed E-state index contributed by atoms with van der Waals surface area (Å²) in [5.41, 5.74) is 0. The number of aliphatic hydroxyl groups excluding tert-OH is 1. The van der Waals surface area contributed by atoms with Crippen molar-refractivity contribution in [1.29, 1.82) is 0 Å². The minimum absolute atomic E-state index is 0.0463. The zero-order chi connectivity index (χ0) is 13.4. The van der Waals surface area contributed by atoms with Crippen LogP contribution in [0.25, 0.3) is 0 Å². The molecule has 0 amide bonds. The maximum absolute atomic E-state index is 9.96. The number of aliphatic hydroxyl groups is 1. The molecule has 0 radical (unpaired) electrons. The number of β-amino-alcohol motifs (C(OH)–C–C–N with tert-alkyl or cyclic N) is 1. The van der Waals surface area contributed by atoms with Crippen LogP contribution >= 0.6 is 11.8 Å². The molecule has 0 aromatic rings. The van der Waals surface area contributed by atoms with Gasteiger partial charge in [-0.3, -0.25) is 4.90 Å². The van der Waals surface area contributed by atoms with Gasteiger partial charge in [0.15, 0.2) is 0 Å². The first kappa shape index (κ1) is 16.2. The number of hydrogen-bond donors (Lipinski definition) is 1. The van der Waals surface area contributed by atoms with E-state index in [4.69, 9.17) is 9.47 Å². The molecule has 1 heterocycles. The molecule has 108 valence electrons. The normalized spacial score (nSPS) is 25.0. The first-order valence-corrected chi connectivity index (χ1v) is 7.83. The molecule has 0 aromatic heterocycles. The van der Waals surface area contributed by atoms with Crippen LogP contribution in [0.5, 0.6) is 0 Å². The summed E-state index contributed by atoms with van der Waals surface area (Å²) in [5, 5.41) is 10.7. The van der Waals surface area contributed by atoms with Crippen molar-refractivity contribution in [2.45, 2.75) is 37.7 Å². The van der Waals surface area contributed by atoms with Gasteiger partial charge in [-0.2, -0.15) is 11.8 Å². The van der Waals surface area contributed by atoms with Crippen LogP contribution in [-0.4, -0.2) is 73.2 Å². The zero-order valence-electron chi connectivity index (χ0n) is 11.8. The Bertz CT molecular complexity index is 218. The van der Waals surface area contributed by atoms with Gasteiger partial charge in [0.2, 0.25) is 0 Å². The predicted octanol–water partition coefficient (Wildman–Crippen LogP) is 1.23. The molecule has 3 atom stereocenters. The van der Waals surface area contributed by atoms with Crippen LogP contribution in [0.15, 0.2) is 0 Å². The molecular weight excluding hydrogens is 250 g/mol. The molecule has 4 nitrogen and oxygen atoms in total. The summed E-state index contributed by atoms with van der Waals surface area (Å²) < 4.78 is 10.5. The molecule has 1 aliphatic heterocycles. The average Bonchev–Trinajstić information content (AvgIpc) is 2.37. The molecule has 18 heavy (non-hydrogen) atoms. The lowest BCUT2D eigenvalue weighted by Gasteiger charge is -2.33. The summed E-state index contributed by atoms with van der Waals surface area (Å²) in [4.78, 5) is 2.35. The second-order valence-corrected chi connectivity index (χ2v) is 6.32. The third-order valence-electron chi connectivity index (χ3n) is 3.12. The van der Waals surface area contributed by atoms with Gasteiger partial charge in [0.1, 0.15) is 0 Å². The Balaban J connectivity index is 2.16. The van der Waals surface area contributed by atoms with E-state index in [2.05, 4.69) is 11.8 Å². The lowest BCUT2D eigenvalue weighted by molar-refractivity contribution is -0.0394. The monoisotopic (exact) mass is 277 g/mol. The standard InChI is InChI=1S/C13H27NO3S/c1-4-13-8-14(5-6-18-13)7-12(15)10-17-11(2)9-16-3/h11-13,15H,4-10H2,1-3H3. The molecule has 5 heteroatoms. The van der Waals surface area contributed by atoms with Crippen molar-refractivity contribution in [2.24, 2.45) is 0 Å². The first-order chi connectivity index (χ1) is 8.65. The summed E-state index contributed by atoms with van der Waals surface area (Å²) in [6.45, 7) is 8.04. The highest BCUT2D eigenvalue weighted by Crippen LogP contribution is 2.21. The topological polar surface area (TPSA) is 41.9 Å². The van der Waals surface area contributed by atoms with Gasteiger partial charge in [-0.1, -0.05) is 6.92 Å². The van der Waals surface area contributed by atoms with Crippen molar-refractivity contribution in [2.75, 3.05) is 45.7 Å². The Morgan fingerprint density at radius 2 is 2.22 bits per heavy atom. The highest BCUT2D eigenvalue weighted by atomic mass is 32.2. The molecule has 0 spiro atoms. The fourth-order valence-corrected chi connectivity index (χ4v) is 3.35. The average molecular weight is 277 g/mol. The first-order valence-electron chi connectivity index (χ1n) is 6.78. The third kappa shape index (κ3) is 6.38. The minimum atomic E-state index is -0.398. The summed E-state index contributed by atoms with van der Waals surface area (Å²) in [6.07, 6.45) is 0.855. The van der Waals surface area contributed by atoms with E-state index in [-0.39, 0.29) is 6.10 Å². The van der Waals surface area contributed by atoms with E-state index in [1.54, 1.807) is 7.11 Å². The van der Waals surface area contributed by atoms with E-state index in [0.29, 0.717) is 13.2 Å². The molecule has 0 bridgehead atoms. The van der Waals surface area contributed by atoms with Gasteiger partial charge in [-0.05, 0) is 13.3 Å².